The van der Waals surface area contributed by atoms with E-state index in [1.54, 1.807) is 13.1 Å². The topological polar surface area (TPSA) is 56.7 Å². The van der Waals surface area contributed by atoms with E-state index in [-0.39, 0.29) is 5.91 Å². The van der Waals surface area contributed by atoms with Crippen molar-refractivity contribution in [2.75, 3.05) is 31.1 Å². The van der Waals surface area contributed by atoms with Crippen LogP contribution in [0.2, 0.25) is 0 Å². The molecule has 1 fully saturated rings. The SMILES string of the molecule is CCC(O)c1cnc(N2CCN(C(C)=O)CC2)c(C)c1. The van der Waals surface area contributed by atoms with E-state index < -0.39 is 6.10 Å². The largest absolute Gasteiger partial charge is 0.388 e. The van der Waals surface area contributed by atoms with Gasteiger partial charge in [0.05, 0.1) is 6.10 Å². The molecular weight excluding hydrogens is 254 g/mol. The van der Waals surface area contributed by atoms with Crippen molar-refractivity contribution in [2.45, 2.75) is 33.3 Å². The molecule has 1 aliphatic heterocycles. The van der Waals surface area contributed by atoms with Gasteiger partial charge in [-0.15, -0.1) is 0 Å². The second-order valence-electron chi connectivity index (χ2n) is 5.33. The maximum Gasteiger partial charge on any atom is 0.219 e. The lowest BCUT2D eigenvalue weighted by atomic mass is 10.1. The van der Waals surface area contributed by atoms with Gasteiger partial charge < -0.3 is 14.9 Å². The molecule has 0 spiro atoms. The molecule has 1 aromatic rings. The lowest BCUT2D eigenvalue weighted by molar-refractivity contribution is -0.129. The number of pyridine rings is 1. The first kappa shape index (κ1) is 14.8. The summed E-state index contributed by atoms with van der Waals surface area (Å²) in [6.07, 6.45) is 2.01. The summed E-state index contributed by atoms with van der Waals surface area (Å²) in [7, 11) is 0. The summed E-state index contributed by atoms with van der Waals surface area (Å²) in [4.78, 5) is 19.9. The van der Waals surface area contributed by atoms with Crippen LogP contribution >= 0.6 is 0 Å². The molecule has 0 aliphatic carbocycles. The maximum atomic E-state index is 11.3. The molecule has 110 valence electrons. The van der Waals surface area contributed by atoms with E-state index in [4.69, 9.17) is 0 Å². The quantitative estimate of drug-likeness (QED) is 0.909. The second-order valence-corrected chi connectivity index (χ2v) is 5.33. The highest BCUT2D eigenvalue weighted by Crippen LogP contribution is 2.23. The third kappa shape index (κ3) is 3.10. The van der Waals surface area contributed by atoms with Crippen molar-refractivity contribution < 1.29 is 9.90 Å². The van der Waals surface area contributed by atoms with Crippen molar-refractivity contribution in [3.63, 3.8) is 0 Å². The van der Waals surface area contributed by atoms with Crippen molar-refractivity contribution in [1.29, 1.82) is 0 Å². The molecule has 1 aromatic heterocycles. The number of carbonyl (C=O) groups excluding carboxylic acids is 1. The minimum atomic E-state index is -0.440. The first-order chi connectivity index (χ1) is 9.52. The van der Waals surface area contributed by atoms with Gasteiger partial charge in [0.15, 0.2) is 0 Å². The Morgan fingerprint density at radius 2 is 2.05 bits per heavy atom. The minimum Gasteiger partial charge on any atom is -0.388 e. The summed E-state index contributed by atoms with van der Waals surface area (Å²) in [6, 6.07) is 2.01. The van der Waals surface area contributed by atoms with Crippen LogP contribution in [0, 0.1) is 6.92 Å². The average Bonchev–Trinajstić information content (AvgIpc) is 2.46. The molecule has 1 amide bonds. The molecule has 1 saturated heterocycles. The summed E-state index contributed by atoms with van der Waals surface area (Å²) in [6.45, 7) is 8.69. The van der Waals surface area contributed by atoms with Crippen LogP contribution in [0.4, 0.5) is 5.82 Å². The average molecular weight is 277 g/mol. The predicted octanol–water partition coefficient (Wildman–Crippen LogP) is 1.50. The summed E-state index contributed by atoms with van der Waals surface area (Å²) in [5.41, 5.74) is 1.95. The second kappa shape index (κ2) is 6.22. The van der Waals surface area contributed by atoms with Crippen LogP contribution < -0.4 is 4.90 Å². The zero-order valence-corrected chi connectivity index (χ0v) is 12.5. The van der Waals surface area contributed by atoms with E-state index >= 15 is 0 Å². The number of hydrogen-bond acceptors (Lipinski definition) is 4. The number of amides is 1. The highest BCUT2D eigenvalue weighted by atomic mass is 16.3. The van der Waals surface area contributed by atoms with Crippen LogP contribution in [0.3, 0.4) is 0 Å². The van der Waals surface area contributed by atoms with Gasteiger partial charge in [0.1, 0.15) is 5.82 Å². The van der Waals surface area contributed by atoms with Crippen LogP contribution in [0.25, 0.3) is 0 Å². The molecule has 1 atom stereocenters. The molecule has 1 unspecified atom stereocenters. The number of aromatic nitrogens is 1. The Morgan fingerprint density at radius 3 is 2.55 bits per heavy atom. The van der Waals surface area contributed by atoms with E-state index in [1.165, 1.54) is 0 Å². The summed E-state index contributed by atoms with van der Waals surface area (Å²) in [5, 5.41) is 9.85. The Hall–Kier alpha value is -1.62. The Labute approximate surface area is 120 Å². The summed E-state index contributed by atoms with van der Waals surface area (Å²) >= 11 is 0. The highest BCUT2D eigenvalue weighted by molar-refractivity contribution is 5.73. The lowest BCUT2D eigenvalue weighted by Gasteiger charge is -2.35. The number of carbonyl (C=O) groups is 1. The molecular formula is C15H23N3O2. The number of nitrogens with zero attached hydrogens (tertiary/aromatic N) is 3. The molecule has 5 heteroatoms. The van der Waals surface area contributed by atoms with Gasteiger partial charge in [-0.05, 0) is 30.5 Å². The number of hydrogen-bond donors (Lipinski definition) is 1. The Kier molecular flexibility index (Phi) is 4.60. The Bertz CT molecular complexity index is 482. The van der Waals surface area contributed by atoms with Crippen molar-refractivity contribution >= 4 is 11.7 Å². The third-order valence-electron chi connectivity index (χ3n) is 3.87. The number of rotatable bonds is 3. The fourth-order valence-electron chi connectivity index (χ4n) is 2.57. The molecule has 2 heterocycles. The highest BCUT2D eigenvalue weighted by Gasteiger charge is 2.21. The number of aliphatic hydroxyl groups is 1. The van der Waals surface area contributed by atoms with E-state index in [0.29, 0.717) is 6.42 Å². The zero-order valence-electron chi connectivity index (χ0n) is 12.5. The predicted molar refractivity (Wildman–Crippen MR) is 78.7 cm³/mol. The van der Waals surface area contributed by atoms with Crippen molar-refractivity contribution in [3.8, 4) is 0 Å². The minimum absolute atomic E-state index is 0.135. The van der Waals surface area contributed by atoms with E-state index in [9.17, 15) is 9.90 Å². The van der Waals surface area contributed by atoms with Gasteiger partial charge >= 0.3 is 0 Å². The van der Waals surface area contributed by atoms with E-state index in [1.807, 2.05) is 24.8 Å². The number of aliphatic hydroxyl groups excluding tert-OH is 1. The normalized spacial score (nSPS) is 17.2. The van der Waals surface area contributed by atoms with Crippen LogP contribution in [0.1, 0.15) is 37.5 Å². The van der Waals surface area contributed by atoms with Crippen LogP contribution in [-0.2, 0) is 4.79 Å². The lowest BCUT2D eigenvalue weighted by Crippen LogP contribution is -2.48. The van der Waals surface area contributed by atoms with Crippen LogP contribution in [-0.4, -0.2) is 47.1 Å². The molecule has 0 radical (unpaired) electrons. The number of aryl methyl sites for hydroxylation is 1. The van der Waals surface area contributed by atoms with Crippen molar-refractivity contribution in [2.24, 2.45) is 0 Å². The third-order valence-corrected chi connectivity index (χ3v) is 3.87. The summed E-state index contributed by atoms with van der Waals surface area (Å²) < 4.78 is 0. The zero-order chi connectivity index (χ0) is 14.7. The fraction of sp³-hybridized carbons (Fsp3) is 0.600. The first-order valence-electron chi connectivity index (χ1n) is 7.18. The van der Waals surface area contributed by atoms with Gasteiger partial charge in [-0.25, -0.2) is 4.98 Å². The van der Waals surface area contributed by atoms with E-state index in [0.717, 1.165) is 43.1 Å². The Morgan fingerprint density at radius 1 is 1.40 bits per heavy atom. The fourth-order valence-corrected chi connectivity index (χ4v) is 2.57. The molecule has 2 rings (SSSR count). The van der Waals surface area contributed by atoms with Gasteiger partial charge in [0, 0.05) is 39.3 Å². The molecule has 0 bridgehead atoms. The number of anilines is 1. The van der Waals surface area contributed by atoms with Gasteiger partial charge in [0.2, 0.25) is 5.91 Å². The molecule has 20 heavy (non-hydrogen) atoms. The molecule has 1 N–H and O–H groups in total. The molecule has 1 aliphatic rings. The van der Waals surface area contributed by atoms with Gasteiger partial charge in [-0.2, -0.15) is 0 Å². The Balaban J connectivity index is 2.09. The molecule has 0 saturated carbocycles. The van der Waals surface area contributed by atoms with Crippen LogP contribution in [0.5, 0.6) is 0 Å². The smallest absolute Gasteiger partial charge is 0.219 e. The molecule has 0 aromatic carbocycles. The van der Waals surface area contributed by atoms with Gasteiger partial charge in [-0.1, -0.05) is 6.92 Å². The van der Waals surface area contributed by atoms with Crippen LogP contribution in [0.15, 0.2) is 12.3 Å². The van der Waals surface area contributed by atoms with Crippen molar-refractivity contribution in [3.05, 3.63) is 23.4 Å². The monoisotopic (exact) mass is 277 g/mol. The van der Waals surface area contributed by atoms with Gasteiger partial charge in [-0.3, -0.25) is 4.79 Å². The van der Waals surface area contributed by atoms with Crippen molar-refractivity contribution in [1.82, 2.24) is 9.88 Å². The first-order valence-corrected chi connectivity index (χ1v) is 7.18. The summed E-state index contributed by atoms with van der Waals surface area (Å²) in [5.74, 6) is 1.09. The van der Waals surface area contributed by atoms with E-state index in [2.05, 4.69) is 9.88 Å². The van der Waals surface area contributed by atoms with Gasteiger partial charge in [0.25, 0.3) is 0 Å². The maximum absolute atomic E-state index is 11.3. The standard InChI is InChI=1S/C15H23N3O2/c1-4-14(20)13-9-11(2)15(16-10-13)18-7-5-17(6-8-18)12(3)19/h9-10,14,20H,4-8H2,1-3H3. The molecule has 5 nitrogen and oxygen atoms in total. The number of piperazine rings is 1.